The molecule has 0 aliphatic carbocycles. The topological polar surface area (TPSA) is 70.7 Å². The fourth-order valence-corrected chi connectivity index (χ4v) is 3.53. The summed E-state index contributed by atoms with van der Waals surface area (Å²) in [5.41, 5.74) is 0.788. The normalized spacial score (nSPS) is 19.7. The number of hydrogen-bond acceptors (Lipinski definition) is 5. The van der Waals surface area contributed by atoms with E-state index in [4.69, 9.17) is 4.74 Å². The summed E-state index contributed by atoms with van der Waals surface area (Å²) in [4.78, 5) is 27.7. The highest BCUT2D eigenvalue weighted by Crippen LogP contribution is 2.37. The molecule has 7 heteroatoms. The number of rotatable bonds is 5. The molecule has 2 heterocycles. The molecule has 3 rings (SSSR count). The number of anilines is 1. The minimum absolute atomic E-state index is 0.228. The number of morpholine rings is 1. The zero-order valence-corrected chi connectivity index (χ0v) is 14.2. The molecule has 1 aromatic carbocycles. The van der Waals surface area contributed by atoms with Gasteiger partial charge < -0.3 is 15.4 Å². The van der Waals surface area contributed by atoms with Crippen LogP contribution in [0.3, 0.4) is 0 Å². The van der Waals surface area contributed by atoms with Crippen molar-refractivity contribution in [3.05, 3.63) is 35.2 Å². The molecule has 1 saturated heterocycles. The van der Waals surface area contributed by atoms with Crippen LogP contribution in [0.5, 0.6) is 0 Å². The maximum atomic E-state index is 12.0. The smallest absolute Gasteiger partial charge is 0.262 e. The van der Waals surface area contributed by atoms with Gasteiger partial charge in [0, 0.05) is 30.6 Å². The van der Waals surface area contributed by atoms with Crippen LogP contribution in [0.1, 0.15) is 6.42 Å². The third-order valence-corrected chi connectivity index (χ3v) is 4.99. The van der Waals surface area contributed by atoms with Crippen molar-refractivity contribution in [2.45, 2.75) is 11.3 Å². The van der Waals surface area contributed by atoms with Crippen molar-refractivity contribution in [2.24, 2.45) is 0 Å². The lowest BCUT2D eigenvalue weighted by molar-refractivity contribution is -0.117. The van der Waals surface area contributed by atoms with Gasteiger partial charge in [-0.05, 0) is 25.1 Å². The van der Waals surface area contributed by atoms with E-state index in [0.717, 1.165) is 49.9 Å². The first-order valence-electron chi connectivity index (χ1n) is 8.10. The number of thioether (sulfide) groups is 1. The molecule has 1 fully saturated rings. The number of hydrogen-bond donors (Lipinski definition) is 2. The average molecular weight is 347 g/mol. The third-order valence-electron chi connectivity index (χ3n) is 3.90. The molecule has 0 aromatic heterocycles. The van der Waals surface area contributed by atoms with E-state index in [1.165, 1.54) is 17.8 Å². The number of nitrogens with one attached hydrogen (secondary N) is 2. The Morgan fingerprint density at radius 3 is 2.96 bits per heavy atom. The van der Waals surface area contributed by atoms with Crippen LogP contribution in [0.15, 0.2) is 40.1 Å². The highest BCUT2D eigenvalue weighted by Gasteiger charge is 2.21. The van der Waals surface area contributed by atoms with Crippen LogP contribution in [0.4, 0.5) is 5.69 Å². The molecule has 2 aliphatic rings. The minimum Gasteiger partial charge on any atom is -0.379 e. The molecule has 2 N–H and O–H groups in total. The van der Waals surface area contributed by atoms with Crippen LogP contribution in [-0.4, -0.2) is 56.1 Å². The molecule has 1 aromatic rings. The Morgan fingerprint density at radius 2 is 2.12 bits per heavy atom. The van der Waals surface area contributed by atoms with E-state index in [9.17, 15) is 9.59 Å². The maximum Gasteiger partial charge on any atom is 0.262 e. The van der Waals surface area contributed by atoms with Crippen LogP contribution in [-0.2, 0) is 14.3 Å². The van der Waals surface area contributed by atoms with Crippen molar-refractivity contribution in [3.63, 3.8) is 0 Å². The molecular formula is C17H21N3O3S. The number of carbonyl (C=O) groups is 2. The average Bonchev–Trinajstić information content (AvgIpc) is 2.60. The maximum absolute atomic E-state index is 12.0. The first kappa shape index (κ1) is 17.0. The summed E-state index contributed by atoms with van der Waals surface area (Å²) in [6, 6.07) is 7.55. The van der Waals surface area contributed by atoms with Gasteiger partial charge in [-0.15, -0.1) is 0 Å². The van der Waals surface area contributed by atoms with Crippen molar-refractivity contribution in [1.82, 2.24) is 10.2 Å². The number of ether oxygens (including phenoxy) is 1. The largest absolute Gasteiger partial charge is 0.379 e. The van der Waals surface area contributed by atoms with Gasteiger partial charge in [-0.2, -0.15) is 0 Å². The van der Waals surface area contributed by atoms with Gasteiger partial charge in [-0.3, -0.25) is 14.5 Å². The zero-order chi connectivity index (χ0) is 16.8. The number of nitrogens with zero attached hydrogens (tertiary/aromatic N) is 1. The Kier molecular flexibility index (Phi) is 5.90. The Hall–Kier alpha value is -1.83. The Balaban J connectivity index is 1.45. The number of benzene rings is 1. The molecule has 128 valence electrons. The lowest BCUT2D eigenvalue weighted by Gasteiger charge is -2.26. The van der Waals surface area contributed by atoms with Gasteiger partial charge >= 0.3 is 0 Å². The molecule has 2 amide bonds. The van der Waals surface area contributed by atoms with Crippen molar-refractivity contribution >= 4 is 29.3 Å². The predicted molar refractivity (Wildman–Crippen MR) is 93.9 cm³/mol. The number of para-hydroxylation sites is 1. The van der Waals surface area contributed by atoms with Crippen LogP contribution >= 0.6 is 11.8 Å². The lowest BCUT2D eigenvalue weighted by atomic mass is 10.3. The van der Waals surface area contributed by atoms with Gasteiger partial charge in [0.05, 0.1) is 23.8 Å². The van der Waals surface area contributed by atoms with Gasteiger partial charge in [0.1, 0.15) is 0 Å². The number of fused-ring (bicyclic) bond motifs is 1. The van der Waals surface area contributed by atoms with Crippen molar-refractivity contribution < 1.29 is 14.3 Å². The second-order valence-electron chi connectivity index (χ2n) is 5.66. The summed E-state index contributed by atoms with van der Waals surface area (Å²) in [7, 11) is 0. The molecule has 0 spiro atoms. The fraction of sp³-hybridized carbons (Fsp3) is 0.412. The summed E-state index contributed by atoms with van der Waals surface area (Å²) in [6.07, 6.45) is 2.27. The van der Waals surface area contributed by atoms with Crippen LogP contribution in [0, 0.1) is 0 Å². The van der Waals surface area contributed by atoms with E-state index < -0.39 is 0 Å². The van der Waals surface area contributed by atoms with E-state index in [1.807, 2.05) is 24.3 Å². The zero-order valence-electron chi connectivity index (χ0n) is 13.4. The third kappa shape index (κ3) is 4.59. The molecule has 0 saturated carbocycles. The van der Waals surface area contributed by atoms with E-state index in [2.05, 4.69) is 15.5 Å². The summed E-state index contributed by atoms with van der Waals surface area (Å²) < 4.78 is 5.30. The standard InChI is InChI=1S/C17H21N3O3S/c21-16(18-6-3-7-20-8-10-23-11-9-20)12-15-17(22)19-13-4-1-2-5-14(13)24-15/h1-2,4-5,12H,3,6-11H2,(H,18,21)(H,19,22). The predicted octanol–water partition coefficient (Wildman–Crippen LogP) is 1.45. The highest BCUT2D eigenvalue weighted by molar-refractivity contribution is 8.04. The van der Waals surface area contributed by atoms with E-state index in [0.29, 0.717) is 11.4 Å². The van der Waals surface area contributed by atoms with Crippen LogP contribution < -0.4 is 10.6 Å². The quantitative estimate of drug-likeness (QED) is 0.623. The molecule has 0 atom stereocenters. The number of amides is 2. The first-order chi connectivity index (χ1) is 11.7. The molecule has 2 aliphatic heterocycles. The highest BCUT2D eigenvalue weighted by atomic mass is 32.2. The Morgan fingerprint density at radius 1 is 1.33 bits per heavy atom. The fourth-order valence-electron chi connectivity index (χ4n) is 2.61. The summed E-state index contributed by atoms with van der Waals surface area (Å²) in [5.74, 6) is -0.462. The van der Waals surface area contributed by atoms with Crippen molar-refractivity contribution in [2.75, 3.05) is 44.7 Å². The second-order valence-corrected chi connectivity index (χ2v) is 6.74. The number of carbonyl (C=O) groups excluding carboxylic acids is 2. The molecular weight excluding hydrogens is 326 g/mol. The Labute approximate surface area is 145 Å². The summed E-state index contributed by atoms with van der Waals surface area (Å²) >= 11 is 1.32. The minimum atomic E-state index is -0.234. The monoisotopic (exact) mass is 347 g/mol. The summed E-state index contributed by atoms with van der Waals surface area (Å²) in [6.45, 7) is 5.02. The SMILES string of the molecule is O=C(C=C1Sc2ccccc2NC1=O)NCCCN1CCOCC1. The summed E-state index contributed by atoms with van der Waals surface area (Å²) in [5, 5.41) is 5.65. The van der Waals surface area contributed by atoms with Crippen LogP contribution in [0.2, 0.25) is 0 Å². The van der Waals surface area contributed by atoms with Crippen molar-refractivity contribution in [3.8, 4) is 0 Å². The first-order valence-corrected chi connectivity index (χ1v) is 8.92. The molecule has 0 bridgehead atoms. The molecule has 0 unspecified atom stereocenters. The van der Waals surface area contributed by atoms with Gasteiger partial charge in [0.2, 0.25) is 5.91 Å². The molecule has 24 heavy (non-hydrogen) atoms. The molecule has 6 nitrogen and oxygen atoms in total. The van der Waals surface area contributed by atoms with E-state index >= 15 is 0 Å². The van der Waals surface area contributed by atoms with Gasteiger partial charge in [0.25, 0.3) is 5.91 Å². The molecule has 0 radical (unpaired) electrons. The Bertz CT molecular complexity index is 642. The van der Waals surface area contributed by atoms with E-state index in [1.54, 1.807) is 0 Å². The van der Waals surface area contributed by atoms with Gasteiger partial charge in [-0.1, -0.05) is 23.9 Å². The van der Waals surface area contributed by atoms with E-state index in [-0.39, 0.29) is 11.8 Å². The lowest BCUT2D eigenvalue weighted by Crippen LogP contribution is -2.38. The second kappa shape index (κ2) is 8.32. The van der Waals surface area contributed by atoms with Crippen molar-refractivity contribution in [1.29, 1.82) is 0 Å². The van der Waals surface area contributed by atoms with Gasteiger partial charge in [0.15, 0.2) is 0 Å². The van der Waals surface area contributed by atoms with Gasteiger partial charge in [-0.25, -0.2) is 0 Å². The van der Waals surface area contributed by atoms with Crippen LogP contribution in [0.25, 0.3) is 0 Å².